The van der Waals surface area contributed by atoms with Gasteiger partial charge in [0.2, 0.25) is 11.8 Å². The van der Waals surface area contributed by atoms with Gasteiger partial charge in [-0.1, -0.05) is 30.3 Å². The molecule has 0 bridgehead atoms. The summed E-state index contributed by atoms with van der Waals surface area (Å²) in [7, 11) is 0. The number of likely N-dealkylation sites (tertiary alicyclic amines) is 1. The van der Waals surface area contributed by atoms with Crippen LogP contribution in [0.1, 0.15) is 41.6 Å². The average molecular weight is 418 g/mol. The van der Waals surface area contributed by atoms with E-state index in [1.165, 1.54) is 5.56 Å². The Morgan fingerprint density at radius 3 is 2.58 bits per heavy atom. The van der Waals surface area contributed by atoms with Gasteiger partial charge in [-0.2, -0.15) is 0 Å². The third-order valence-corrected chi connectivity index (χ3v) is 6.46. The molecule has 7 nitrogen and oxygen atoms in total. The first-order valence-electron chi connectivity index (χ1n) is 10.9. The van der Waals surface area contributed by atoms with E-state index in [9.17, 15) is 14.4 Å². The van der Waals surface area contributed by atoms with E-state index in [1.807, 2.05) is 6.07 Å². The Hall–Kier alpha value is -3.19. The molecule has 5 rings (SSSR count). The minimum Gasteiger partial charge on any atom is -0.349 e. The van der Waals surface area contributed by atoms with Gasteiger partial charge in [0.25, 0.3) is 5.91 Å². The minimum atomic E-state index is -0.430. The Morgan fingerprint density at radius 1 is 1.03 bits per heavy atom. The number of hydrogen-bond donors (Lipinski definition) is 2. The van der Waals surface area contributed by atoms with E-state index >= 15 is 0 Å². The molecule has 3 heterocycles. The van der Waals surface area contributed by atoms with E-state index in [-0.39, 0.29) is 23.8 Å². The van der Waals surface area contributed by atoms with Crippen LogP contribution in [-0.4, -0.2) is 47.8 Å². The van der Waals surface area contributed by atoms with Gasteiger partial charge < -0.3 is 10.6 Å². The molecule has 0 aromatic heterocycles. The zero-order valence-corrected chi connectivity index (χ0v) is 17.3. The van der Waals surface area contributed by atoms with Gasteiger partial charge in [0.1, 0.15) is 6.04 Å². The van der Waals surface area contributed by atoms with Crippen molar-refractivity contribution in [3.8, 4) is 0 Å². The fourth-order valence-corrected chi connectivity index (χ4v) is 4.78. The molecule has 3 aliphatic rings. The minimum absolute atomic E-state index is 0.0411. The van der Waals surface area contributed by atoms with Gasteiger partial charge in [-0.3, -0.25) is 24.2 Å². The summed E-state index contributed by atoms with van der Waals surface area (Å²) in [5.41, 5.74) is 3.01. The summed E-state index contributed by atoms with van der Waals surface area (Å²) >= 11 is 0. The van der Waals surface area contributed by atoms with E-state index < -0.39 is 6.04 Å². The van der Waals surface area contributed by atoms with Gasteiger partial charge in [-0.05, 0) is 43.0 Å². The predicted molar refractivity (Wildman–Crippen MR) is 118 cm³/mol. The maximum atomic E-state index is 12.8. The van der Waals surface area contributed by atoms with E-state index in [4.69, 9.17) is 0 Å². The molecule has 0 aliphatic carbocycles. The molecule has 1 atom stereocenters. The van der Waals surface area contributed by atoms with Crippen LogP contribution in [0, 0.1) is 0 Å². The van der Waals surface area contributed by atoms with Crippen molar-refractivity contribution in [2.75, 3.05) is 23.3 Å². The molecule has 0 radical (unpaired) electrons. The highest BCUT2D eigenvalue weighted by Crippen LogP contribution is 2.37. The molecular weight excluding hydrogens is 392 g/mol. The fourth-order valence-electron chi connectivity index (χ4n) is 4.78. The fraction of sp³-hybridized carbons (Fsp3) is 0.375. The van der Waals surface area contributed by atoms with Crippen molar-refractivity contribution in [2.24, 2.45) is 0 Å². The lowest BCUT2D eigenvalue weighted by atomic mass is 10.0. The number of carbonyl (C=O) groups excluding carboxylic acids is 3. The van der Waals surface area contributed by atoms with Gasteiger partial charge in [0.15, 0.2) is 0 Å². The second-order valence-electron chi connectivity index (χ2n) is 8.55. The lowest BCUT2D eigenvalue weighted by Crippen LogP contribution is -2.46. The zero-order valence-electron chi connectivity index (χ0n) is 17.3. The second kappa shape index (κ2) is 8.15. The standard InChI is InChI=1S/C24H26N4O3/c29-22-9-8-21-24(31)26-19-14-17(6-7-20(19)28(21)22)23(30)25-18-10-12-27(13-11-18)15-16-4-2-1-3-5-16/h1-7,14,18,21H,8-13,15H2,(H,25,30)(H,26,31). The highest BCUT2D eigenvalue weighted by atomic mass is 16.2. The summed E-state index contributed by atoms with van der Waals surface area (Å²) in [5, 5.41) is 5.99. The highest BCUT2D eigenvalue weighted by molar-refractivity contribution is 6.14. The van der Waals surface area contributed by atoms with Crippen LogP contribution >= 0.6 is 0 Å². The second-order valence-corrected chi connectivity index (χ2v) is 8.55. The molecule has 2 aromatic carbocycles. The number of carbonyl (C=O) groups is 3. The molecule has 2 aromatic rings. The quantitative estimate of drug-likeness (QED) is 0.800. The molecule has 3 amide bonds. The maximum Gasteiger partial charge on any atom is 0.251 e. The van der Waals surface area contributed by atoms with Crippen LogP contribution in [0.4, 0.5) is 11.4 Å². The van der Waals surface area contributed by atoms with Crippen molar-refractivity contribution in [3.05, 3.63) is 59.7 Å². The number of piperidine rings is 1. The monoisotopic (exact) mass is 418 g/mol. The summed E-state index contributed by atoms with van der Waals surface area (Å²) in [5.74, 6) is -0.365. The third-order valence-electron chi connectivity index (χ3n) is 6.46. The summed E-state index contributed by atoms with van der Waals surface area (Å²) in [6.45, 7) is 2.82. The van der Waals surface area contributed by atoms with Gasteiger partial charge >= 0.3 is 0 Å². The van der Waals surface area contributed by atoms with Crippen LogP contribution in [0.2, 0.25) is 0 Å². The molecule has 160 valence electrons. The Kier molecular flexibility index (Phi) is 5.19. The summed E-state index contributed by atoms with van der Waals surface area (Å²) in [6, 6.07) is 15.3. The Morgan fingerprint density at radius 2 is 1.81 bits per heavy atom. The average Bonchev–Trinajstić information content (AvgIpc) is 3.18. The Labute approximate surface area is 181 Å². The van der Waals surface area contributed by atoms with E-state index in [0.717, 1.165) is 32.5 Å². The smallest absolute Gasteiger partial charge is 0.251 e. The molecule has 0 spiro atoms. The summed E-state index contributed by atoms with van der Waals surface area (Å²) in [6.07, 6.45) is 2.73. The number of amides is 3. The van der Waals surface area contributed by atoms with Crippen molar-refractivity contribution in [2.45, 2.75) is 44.3 Å². The molecular formula is C24H26N4O3. The van der Waals surface area contributed by atoms with Crippen LogP contribution in [0.25, 0.3) is 0 Å². The number of anilines is 2. The number of nitrogens with zero attached hydrogens (tertiary/aromatic N) is 2. The first kappa shape index (κ1) is 19.8. The van der Waals surface area contributed by atoms with E-state index in [2.05, 4.69) is 39.8 Å². The summed E-state index contributed by atoms with van der Waals surface area (Å²) < 4.78 is 0. The van der Waals surface area contributed by atoms with Gasteiger partial charge in [-0.15, -0.1) is 0 Å². The molecule has 0 saturated carbocycles. The number of hydrogen-bond acceptors (Lipinski definition) is 4. The number of fused-ring (bicyclic) bond motifs is 3. The first-order chi connectivity index (χ1) is 15.1. The molecule has 7 heteroatoms. The lowest BCUT2D eigenvalue weighted by Gasteiger charge is -2.33. The predicted octanol–water partition coefficient (Wildman–Crippen LogP) is 2.53. The zero-order chi connectivity index (χ0) is 21.4. The normalized spacial score (nSPS) is 21.4. The van der Waals surface area contributed by atoms with Crippen molar-refractivity contribution in [3.63, 3.8) is 0 Å². The Bertz CT molecular complexity index is 1010. The van der Waals surface area contributed by atoms with Gasteiger partial charge in [0.05, 0.1) is 11.4 Å². The molecule has 2 fully saturated rings. The number of benzene rings is 2. The number of nitrogens with one attached hydrogen (secondary N) is 2. The third kappa shape index (κ3) is 3.93. The van der Waals surface area contributed by atoms with Crippen molar-refractivity contribution >= 4 is 29.1 Å². The Balaban J connectivity index is 1.20. The molecule has 31 heavy (non-hydrogen) atoms. The lowest BCUT2D eigenvalue weighted by molar-refractivity contribution is -0.120. The van der Waals surface area contributed by atoms with E-state index in [0.29, 0.717) is 29.8 Å². The van der Waals surface area contributed by atoms with Crippen LogP contribution in [0.3, 0.4) is 0 Å². The van der Waals surface area contributed by atoms with Crippen LogP contribution in [-0.2, 0) is 16.1 Å². The SMILES string of the molecule is O=C(NC1CCN(Cc2ccccc2)CC1)c1ccc2c(c1)NC(=O)C1CCC(=O)N21. The topological polar surface area (TPSA) is 81.8 Å². The molecule has 2 saturated heterocycles. The van der Waals surface area contributed by atoms with Crippen molar-refractivity contribution < 1.29 is 14.4 Å². The van der Waals surface area contributed by atoms with Crippen LogP contribution in [0.5, 0.6) is 0 Å². The van der Waals surface area contributed by atoms with Gasteiger partial charge in [-0.25, -0.2) is 0 Å². The van der Waals surface area contributed by atoms with Crippen LogP contribution in [0.15, 0.2) is 48.5 Å². The first-order valence-corrected chi connectivity index (χ1v) is 10.9. The molecule has 3 aliphatic heterocycles. The highest BCUT2D eigenvalue weighted by Gasteiger charge is 2.41. The van der Waals surface area contributed by atoms with Crippen LogP contribution < -0.4 is 15.5 Å². The van der Waals surface area contributed by atoms with Crippen molar-refractivity contribution in [1.82, 2.24) is 10.2 Å². The number of rotatable bonds is 4. The maximum absolute atomic E-state index is 12.8. The molecule has 2 N–H and O–H groups in total. The largest absolute Gasteiger partial charge is 0.349 e. The van der Waals surface area contributed by atoms with E-state index in [1.54, 1.807) is 23.1 Å². The van der Waals surface area contributed by atoms with Crippen molar-refractivity contribution in [1.29, 1.82) is 0 Å². The summed E-state index contributed by atoms with van der Waals surface area (Å²) in [4.78, 5) is 41.3. The molecule has 1 unspecified atom stereocenters. The van der Waals surface area contributed by atoms with Gasteiger partial charge in [0, 0.05) is 37.7 Å².